The van der Waals surface area contributed by atoms with Crippen molar-refractivity contribution in [3.8, 4) is 0 Å². The first-order valence-corrected chi connectivity index (χ1v) is 7.88. The first kappa shape index (κ1) is 16.0. The lowest BCUT2D eigenvalue weighted by molar-refractivity contribution is -0.124. The molecule has 0 aliphatic carbocycles. The molecule has 1 heterocycles. The van der Waals surface area contributed by atoms with Crippen LogP contribution in [0.4, 0.5) is 0 Å². The van der Waals surface area contributed by atoms with Gasteiger partial charge in [-0.1, -0.05) is 44.2 Å². The van der Waals surface area contributed by atoms with E-state index in [4.69, 9.17) is 5.73 Å². The second kappa shape index (κ2) is 7.57. The summed E-state index contributed by atoms with van der Waals surface area (Å²) < 4.78 is 0. The lowest BCUT2D eigenvalue weighted by Gasteiger charge is -2.34. The van der Waals surface area contributed by atoms with Gasteiger partial charge in [-0.25, -0.2) is 0 Å². The number of carbonyl (C=O) groups is 1. The van der Waals surface area contributed by atoms with Crippen molar-refractivity contribution in [1.82, 2.24) is 10.2 Å². The van der Waals surface area contributed by atoms with Gasteiger partial charge in [-0.05, 0) is 30.9 Å². The molecular formula is C17H27N3O. The minimum absolute atomic E-state index is 0.0171. The highest BCUT2D eigenvalue weighted by atomic mass is 16.2. The molecule has 0 aromatic heterocycles. The topological polar surface area (TPSA) is 58.4 Å². The molecule has 1 saturated heterocycles. The average molecular weight is 289 g/mol. The summed E-state index contributed by atoms with van der Waals surface area (Å²) in [5.41, 5.74) is 7.23. The van der Waals surface area contributed by atoms with Gasteiger partial charge < -0.3 is 11.1 Å². The molecule has 116 valence electrons. The maximum Gasteiger partial charge on any atom is 0.237 e. The van der Waals surface area contributed by atoms with E-state index in [9.17, 15) is 4.79 Å². The van der Waals surface area contributed by atoms with Crippen LogP contribution in [-0.4, -0.2) is 36.0 Å². The number of piperidine rings is 1. The molecule has 2 atom stereocenters. The van der Waals surface area contributed by atoms with E-state index < -0.39 is 6.04 Å². The molecule has 0 radical (unpaired) electrons. The van der Waals surface area contributed by atoms with Crippen LogP contribution >= 0.6 is 0 Å². The van der Waals surface area contributed by atoms with Crippen LogP contribution in [0.1, 0.15) is 32.3 Å². The molecule has 2 rings (SSSR count). The van der Waals surface area contributed by atoms with Crippen LogP contribution in [0.15, 0.2) is 30.3 Å². The molecule has 4 nitrogen and oxygen atoms in total. The number of amides is 1. The van der Waals surface area contributed by atoms with E-state index >= 15 is 0 Å². The van der Waals surface area contributed by atoms with E-state index in [0.717, 1.165) is 32.5 Å². The number of nitrogens with two attached hydrogens (primary N) is 1. The van der Waals surface area contributed by atoms with Crippen LogP contribution in [0.3, 0.4) is 0 Å². The fourth-order valence-electron chi connectivity index (χ4n) is 2.76. The third-order valence-corrected chi connectivity index (χ3v) is 4.12. The van der Waals surface area contributed by atoms with Gasteiger partial charge in [0.05, 0.1) is 6.04 Å². The molecule has 3 N–H and O–H groups in total. The molecule has 0 bridgehead atoms. The Kier molecular flexibility index (Phi) is 5.76. The van der Waals surface area contributed by atoms with Crippen molar-refractivity contribution in [3.05, 3.63) is 35.9 Å². The van der Waals surface area contributed by atoms with Crippen molar-refractivity contribution in [2.24, 2.45) is 11.7 Å². The summed E-state index contributed by atoms with van der Waals surface area (Å²) in [4.78, 5) is 14.5. The average Bonchev–Trinajstić information content (AvgIpc) is 2.47. The molecule has 1 fully saturated rings. The second-order valence-electron chi connectivity index (χ2n) is 6.34. The van der Waals surface area contributed by atoms with Crippen molar-refractivity contribution in [3.63, 3.8) is 0 Å². The standard InChI is InChI=1S/C17H27N3O/c1-13(2)16(18)17(21)19-15-9-6-10-20(12-15)11-14-7-4-3-5-8-14/h3-5,7-8,13,15-16H,6,9-12,18H2,1-2H3,(H,19,21)/t15-,16-/m0/s1. The van der Waals surface area contributed by atoms with E-state index in [0.29, 0.717) is 0 Å². The van der Waals surface area contributed by atoms with Crippen molar-refractivity contribution in [2.75, 3.05) is 13.1 Å². The zero-order valence-corrected chi connectivity index (χ0v) is 13.1. The Bertz CT molecular complexity index is 447. The van der Waals surface area contributed by atoms with Crippen LogP contribution in [0, 0.1) is 5.92 Å². The zero-order valence-electron chi connectivity index (χ0n) is 13.1. The first-order valence-electron chi connectivity index (χ1n) is 7.88. The number of likely N-dealkylation sites (tertiary alicyclic amines) is 1. The summed E-state index contributed by atoms with van der Waals surface area (Å²) in [6, 6.07) is 10.3. The highest BCUT2D eigenvalue weighted by molar-refractivity contribution is 5.82. The third-order valence-electron chi connectivity index (χ3n) is 4.12. The highest BCUT2D eigenvalue weighted by Gasteiger charge is 2.24. The Morgan fingerprint density at radius 2 is 2.10 bits per heavy atom. The van der Waals surface area contributed by atoms with Crippen LogP contribution in [0.2, 0.25) is 0 Å². The molecule has 0 unspecified atom stereocenters. The van der Waals surface area contributed by atoms with E-state index in [-0.39, 0.29) is 17.9 Å². The Balaban J connectivity index is 1.85. The number of nitrogens with one attached hydrogen (secondary N) is 1. The first-order chi connectivity index (χ1) is 10.1. The zero-order chi connectivity index (χ0) is 15.2. The molecule has 0 spiro atoms. The number of nitrogens with zero attached hydrogens (tertiary/aromatic N) is 1. The predicted octanol–water partition coefficient (Wildman–Crippen LogP) is 1.75. The summed E-state index contributed by atoms with van der Waals surface area (Å²) >= 11 is 0. The van der Waals surface area contributed by atoms with Crippen molar-refractivity contribution in [1.29, 1.82) is 0 Å². The van der Waals surface area contributed by atoms with Gasteiger partial charge >= 0.3 is 0 Å². The normalized spacial score (nSPS) is 21.2. The predicted molar refractivity (Wildman–Crippen MR) is 85.7 cm³/mol. The minimum Gasteiger partial charge on any atom is -0.351 e. The lowest BCUT2D eigenvalue weighted by atomic mass is 10.0. The minimum atomic E-state index is -0.408. The number of hydrogen-bond donors (Lipinski definition) is 2. The summed E-state index contributed by atoms with van der Waals surface area (Å²) in [5.74, 6) is 0.158. The maximum atomic E-state index is 12.1. The van der Waals surface area contributed by atoms with Crippen LogP contribution < -0.4 is 11.1 Å². The van der Waals surface area contributed by atoms with Gasteiger partial charge in [0.1, 0.15) is 0 Å². The Morgan fingerprint density at radius 3 is 2.76 bits per heavy atom. The van der Waals surface area contributed by atoms with Gasteiger partial charge in [-0.2, -0.15) is 0 Å². The van der Waals surface area contributed by atoms with Gasteiger partial charge in [0.2, 0.25) is 5.91 Å². The van der Waals surface area contributed by atoms with Crippen LogP contribution in [0.25, 0.3) is 0 Å². The Labute approximate surface area is 127 Å². The number of carbonyl (C=O) groups excluding carboxylic acids is 1. The van der Waals surface area contributed by atoms with E-state index in [1.807, 2.05) is 19.9 Å². The molecular weight excluding hydrogens is 262 g/mol. The summed E-state index contributed by atoms with van der Waals surface area (Å²) in [5, 5.41) is 3.11. The quantitative estimate of drug-likeness (QED) is 0.868. The highest BCUT2D eigenvalue weighted by Crippen LogP contribution is 2.14. The Hall–Kier alpha value is -1.39. The fourth-order valence-corrected chi connectivity index (χ4v) is 2.76. The van der Waals surface area contributed by atoms with E-state index in [1.54, 1.807) is 0 Å². The van der Waals surface area contributed by atoms with Crippen molar-refractivity contribution >= 4 is 5.91 Å². The van der Waals surface area contributed by atoms with E-state index in [1.165, 1.54) is 5.56 Å². The smallest absolute Gasteiger partial charge is 0.237 e. The molecule has 21 heavy (non-hydrogen) atoms. The van der Waals surface area contributed by atoms with Crippen LogP contribution in [-0.2, 0) is 11.3 Å². The molecule has 1 aromatic carbocycles. The van der Waals surface area contributed by atoms with Gasteiger partial charge in [0.15, 0.2) is 0 Å². The molecule has 1 aliphatic heterocycles. The molecule has 4 heteroatoms. The van der Waals surface area contributed by atoms with Gasteiger partial charge in [-0.3, -0.25) is 9.69 Å². The van der Waals surface area contributed by atoms with Gasteiger partial charge in [-0.15, -0.1) is 0 Å². The van der Waals surface area contributed by atoms with Gasteiger partial charge in [0.25, 0.3) is 0 Å². The molecule has 1 aliphatic rings. The molecule has 1 aromatic rings. The second-order valence-corrected chi connectivity index (χ2v) is 6.34. The SMILES string of the molecule is CC(C)[C@H](N)C(=O)N[C@H]1CCCN(Cc2ccccc2)C1. The number of benzene rings is 1. The van der Waals surface area contributed by atoms with Crippen molar-refractivity contribution in [2.45, 2.75) is 45.3 Å². The number of hydrogen-bond acceptors (Lipinski definition) is 3. The Morgan fingerprint density at radius 1 is 1.38 bits per heavy atom. The van der Waals surface area contributed by atoms with Crippen LogP contribution in [0.5, 0.6) is 0 Å². The summed E-state index contributed by atoms with van der Waals surface area (Å²) in [6.45, 7) is 6.91. The number of rotatable bonds is 5. The molecule has 0 saturated carbocycles. The van der Waals surface area contributed by atoms with Crippen molar-refractivity contribution < 1.29 is 4.79 Å². The summed E-state index contributed by atoms with van der Waals surface area (Å²) in [7, 11) is 0. The van der Waals surface area contributed by atoms with E-state index in [2.05, 4.69) is 34.5 Å². The third kappa shape index (κ3) is 4.83. The largest absolute Gasteiger partial charge is 0.351 e. The van der Waals surface area contributed by atoms with Gasteiger partial charge in [0, 0.05) is 19.1 Å². The summed E-state index contributed by atoms with van der Waals surface area (Å²) in [6.07, 6.45) is 2.16. The fraction of sp³-hybridized carbons (Fsp3) is 0.588. The molecule has 1 amide bonds. The maximum absolute atomic E-state index is 12.1. The monoisotopic (exact) mass is 289 g/mol. The lowest BCUT2D eigenvalue weighted by Crippen LogP contribution is -2.52.